The third-order valence-corrected chi connectivity index (χ3v) is 4.55. The molecule has 0 aromatic carbocycles. The molecule has 21 heavy (non-hydrogen) atoms. The number of aromatic nitrogens is 1. The molecule has 1 aliphatic heterocycles. The molecule has 1 fully saturated rings. The Morgan fingerprint density at radius 3 is 2.95 bits per heavy atom. The van der Waals surface area contributed by atoms with Crippen molar-refractivity contribution in [3.8, 4) is 0 Å². The predicted molar refractivity (Wildman–Crippen MR) is 86.9 cm³/mol. The van der Waals surface area contributed by atoms with E-state index in [4.69, 9.17) is 11.6 Å². The van der Waals surface area contributed by atoms with Gasteiger partial charge in [0.1, 0.15) is 5.82 Å². The van der Waals surface area contributed by atoms with Crippen LogP contribution >= 0.6 is 11.6 Å². The van der Waals surface area contributed by atoms with E-state index in [1.165, 1.54) is 6.42 Å². The van der Waals surface area contributed by atoms with Crippen molar-refractivity contribution in [1.29, 1.82) is 0 Å². The lowest BCUT2D eigenvalue weighted by Crippen LogP contribution is -2.46. The number of hydrogen-bond acceptors (Lipinski definition) is 3. The zero-order chi connectivity index (χ0) is 15.4. The van der Waals surface area contributed by atoms with Crippen molar-refractivity contribution in [2.75, 3.05) is 18.4 Å². The lowest BCUT2D eigenvalue weighted by atomic mass is 9.91. The minimum atomic E-state index is 0.0329. The van der Waals surface area contributed by atoms with Crippen LogP contribution in [0.1, 0.15) is 50.4 Å². The highest BCUT2D eigenvalue weighted by molar-refractivity contribution is 6.33. The van der Waals surface area contributed by atoms with E-state index in [1.807, 2.05) is 4.90 Å². The maximum absolute atomic E-state index is 12.6. The summed E-state index contributed by atoms with van der Waals surface area (Å²) >= 11 is 6.22. The number of rotatable bonds is 4. The molecule has 1 amide bonds. The Balaban J connectivity index is 2.14. The van der Waals surface area contributed by atoms with Crippen LogP contribution < -0.4 is 5.32 Å². The maximum Gasteiger partial charge on any atom is 0.255 e. The van der Waals surface area contributed by atoms with Gasteiger partial charge in [-0.05, 0) is 38.2 Å². The van der Waals surface area contributed by atoms with Crippen LogP contribution in [0.4, 0.5) is 5.82 Å². The molecule has 0 bridgehead atoms. The number of halogens is 1. The number of hydrogen-bond donors (Lipinski definition) is 1. The molecule has 116 valence electrons. The summed E-state index contributed by atoms with van der Waals surface area (Å²) < 4.78 is 0. The number of piperidine rings is 1. The Kier molecular flexibility index (Phi) is 5.45. The van der Waals surface area contributed by atoms with E-state index in [1.54, 1.807) is 12.3 Å². The Hall–Kier alpha value is -1.29. The highest BCUT2D eigenvalue weighted by Crippen LogP contribution is 2.26. The van der Waals surface area contributed by atoms with Gasteiger partial charge in [-0.25, -0.2) is 4.98 Å². The average molecular weight is 310 g/mol. The van der Waals surface area contributed by atoms with Gasteiger partial charge in [-0.3, -0.25) is 4.79 Å². The molecule has 0 saturated carbocycles. The van der Waals surface area contributed by atoms with Gasteiger partial charge in [-0.2, -0.15) is 0 Å². The van der Waals surface area contributed by atoms with Crippen LogP contribution in [-0.4, -0.2) is 34.9 Å². The summed E-state index contributed by atoms with van der Waals surface area (Å²) in [4.78, 5) is 18.9. The molecule has 0 radical (unpaired) electrons. The second kappa shape index (κ2) is 7.12. The van der Waals surface area contributed by atoms with Gasteiger partial charge < -0.3 is 10.2 Å². The Labute approximate surface area is 131 Å². The van der Waals surface area contributed by atoms with E-state index in [0.29, 0.717) is 22.3 Å². The number of carbonyl (C=O) groups is 1. The molecule has 2 unspecified atom stereocenters. The minimum absolute atomic E-state index is 0.0329. The SMILES string of the molecule is CCCNc1ncc(C(=O)N2CCCC(C)C2C)cc1Cl. The van der Waals surface area contributed by atoms with Crippen LogP contribution in [0.5, 0.6) is 0 Å². The second-order valence-electron chi connectivity index (χ2n) is 5.84. The molecule has 1 aliphatic rings. The summed E-state index contributed by atoms with van der Waals surface area (Å²) in [7, 11) is 0. The third kappa shape index (κ3) is 3.67. The molecule has 1 saturated heterocycles. The number of pyridine rings is 1. The van der Waals surface area contributed by atoms with Gasteiger partial charge in [-0.1, -0.05) is 25.4 Å². The fourth-order valence-electron chi connectivity index (χ4n) is 2.72. The lowest BCUT2D eigenvalue weighted by Gasteiger charge is -2.38. The van der Waals surface area contributed by atoms with Crippen molar-refractivity contribution in [3.05, 3.63) is 22.8 Å². The first-order valence-corrected chi connectivity index (χ1v) is 8.12. The summed E-state index contributed by atoms with van der Waals surface area (Å²) in [5, 5.41) is 3.66. The first kappa shape index (κ1) is 16.1. The van der Waals surface area contributed by atoms with Crippen LogP contribution in [0.25, 0.3) is 0 Å². The molecule has 4 nitrogen and oxygen atoms in total. The monoisotopic (exact) mass is 309 g/mol. The molecule has 1 aromatic rings. The van der Waals surface area contributed by atoms with Gasteiger partial charge in [0.15, 0.2) is 0 Å². The van der Waals surface area contributed by atoms with E-state index in [2.05, 4.69) is 31.1 Å². The highest BCUT2D eigenvalue weighted by Gasteiger charge is 2.29. The zero-order valence-electron chi connectivity index (χ0n) is 13.0. The van der Waals surface area contributed by atoms with Crippen molar-refractivity contribution < 1.29 is 4.79 Å². The van der Waals surface area contributed by atoms with Gasteiger partial charge in [-0.15, -0.1) is 0 Å². The number of carbonyl (C=O) groups excluding carboxylic acids is 1. The van der Waals surface area contributed by atoms with Crippen LogP contribution in [-0.2, 0) is 0 Å². The minimum Gasteiger partial charge on any atom is -0.369 e. The summed E-state index contributed by atoms with van der Waals surface area (Å²) in [6.45, 7) is 8.04. The fraction of sp³-hybridized carbons (Fsp3) is 0.625. The van der Waals surface area contributed by atoms with Gasteiger partial charge in [0.05, 0.1) is 10.6 Å². The molecule has 2 rings (SSSR count). The Bertz CT molecular complexity index is 506. The van der Waals surface area contributed by atoms with Crippen molar-refractivity contribution in [2.24, 2.45) is 5.92 Å². The summed E-state index contributed by atoms with van der Waals surface area (Å²) in [5.74, 6) is 1.22. The smallest absolute Gasteiger partial charge is 0.255 e. The first-order chi connectivity index (χ1) is 10.0. The molecule has 1 aromatic heterocycles. The van der Waals surface area contributed by atoms with Crippen LogP contribution in [0.2, 0.25) is 5.02 Å². The number of nitrogens with one attached hydrogen (secondary N) is 1. The van der Waals surface area contributed by atoms with E-state index in [9.17, 15) is 4.79 Å². The third-order valence-electron chi connectivity index (χ3n) is 4.27. The van der Waals surface area contributed by atoms with E-state index in [0.717, 1.165) is 25.9 Å². The number of likely N-dealkylation sites (tertiary alicyclic amines) is 1. The van der Waals surface area contributed by atoms with Crippen LogP contribution in [0.3, 0.4) is 0 Å². The zero-order valence-corrected chi connectivity index (χ0v) is 13.8. The van der Waals surface area contributed by atoms with Crippen molar-refractivity contribution in [1.82, 2.24) is 9.88 Å². The first-order valence-electron chi connectivity index (χ1n) is 7.75. The largest absolute Gasteiger partial charge is 0.369 e. The van der Waals surface area contributed by atoms with Crippen molar-refractivity contribution >= 4 is 23.3 Å². The molecule has 2 heterocycles. The second-order valence-corrected chi connectivity index (χ2v) is 6.25. The molecule has 0 aliphatic carbocycles. The summed E-state index contributed by atoms with van der Waals surface area (Å²) in [6, 6.07) is 1.99. The van der Waals surface area contributed by atoms with E-state index >= 15 is 0 Å². The molecule has 2 atom stereocenters. The van der Waals surface area contributed by atoms with E-state index in [-0.39, 0.29) is 11.9 Å². The Morgan fingerprint density at radius 2 is 2.29 bits per heavy atom. The Morgan fingerprint density at radius 1 is 1.52 bits per heavy atom. The van der Waals surface area contributed by atoms with Gasteiger partial charge in [0.2, 0.25) is 0 Å². The molecule has 5 heteroatoms. The molecule has 1 N–H and O–H groups in total. The van der Waals surface area contributed by atoms with Crippen LogP contribution in [0.15, 0.2) is 12.3 Å². The lowest BCUT2D eigenvalue weighted by molar-refractivity contribution is 0.0550. The summed E-state index contributed by atoms with van der Waals surface area (Å²) in [5.41, 5.74) is 0.572. The van der Waals surface area contributed by atoms with Gasteiger partial charge >= 0.3 is 0 Å². The van der Waals surface area contributed by atoms with Crippen LogP contribution in [0, 0.1) is 5.92 Å². The molecule has 0 spiro atoms. The molecular weight excluding hydrogens is 286 g/mol. The number of anilines is 1. The summed E-state index contributed by atoms with van der Waals surface area (Å²) in [6.07, 6.45) is 4.87. The number of nitrogens with zero attached hydrogens (tertiary/aromatic N) is 2. The topological polar surface area (TPSA) is 45.2 Å². The van der Waals surface area contributed by atoms with Crippen molar-refractivity contribution in [2.45, 2.75) is 46.1 Å². The fourth-order valence-corrected chi connectivity index (χ4v) is 2.95. The molecular formula is C16H24ClN3O. The normalized spacial score (nSPS) is 22.2. The average Bonchev–Trinajstić information content (AvgIpc) is 2.48. The van der Waals surface area contributed by atoms with Gasteiger partial charge in [0.25, 0.3) is 5.91 Å². The van der Waals surface area contributed by atoms with Crippen molar-refractivity contribution in [3.63, 3.8) is 0 Å². The number of amides is 1. The standard InChI is InChI=1S/C16H24ClN3O/c1-4-7-18-15-14(17)9-13(10-19-15)16(21)20-8-5-6-11(2)12(20)3/h9-12H,4-8H2,1-3H3,(H,18,19). The highest BCUT2D eigenvalue weighted by atomic mass is 35.5. The van der Waals surface area contributed by atoms with Gasteiger partial charge in [0, 0.05) is 25.3 Å². The quantitative estimate of drug-likeness (QED) is 0.919. The predicted octanol–water partition coefficient (Wildman–Crippen LogP) is 3.82. The van der Waals surface area contributed by atoms with E-state index < -0.39 is 0 Å². The maximum atomic E-state index is 12.6.